The molecule has 0 saturated carbocycles. The number of carbonyl (C=O) groups excluding carboxylic acids is 1. The molecule has 7 heteroatoms. The van der Waals surface area contributed by atoms with Gasteiger partial charge in [-0.15, -0.1) is 0 Å². The maximum atomic E-state index is 12.4. The lowest BCUT2D eigenvalue weighted by atomic mass is 10.2. The number of rotatable bonds is 3. The number of halogens is 2. The second kappa shape index (κ2) is 7.81. The first-order valence-corrected chi connectivity index (χ1v) is 8.72. The van der Waals surface area contributed by atoms with Crippen molar-refractivity contribution in [2.24, 2.45) is 0 Å². The van der Waals surface area contributed by atoms with Crippen LogP contribution in [-0.2, 0) is 0 Å². The highest BCUT2D eigenvalue weighted by Crippen LogP contribution is 2.26. The third-order valence-corrected chi connectivity index (χ3v) is 4.54. The first kappa shape index (κ1) is 17.0. The smallest absolute Gasteiger partial charge is 0.274 e. The maximum Gasteiger partial charge on any atom is 0.274 e. The third kappa shape index (κ3) is 4.16. The molecule has 0 bridgehead atoms. The van der Waals surface area contributed by atoms with Crippen LogP contribution in [0.25, 0.3) is 0 Å². The van der Waals surface area contributed by atoms with Crippen LogP contribution in [0.15, 0.2) is 30.6 Å². The Hall–Kier alpha value is -1.85. The summed E-state index contributed by atoms with van der Waals surface area (Å²) in [6, 6.07) is 6.65. The lowest BCUT2D eigenvalue weighted by molar-refractivity contribution is 0.102. The Morgan fingerprint density at radius 2 is 1.79 bits per heavy atom. The molecular weight excluding hydrogens is 347 g/mol. The van der Waals surface area contributed by atoms with E-state index < -0.39 is 0 Å². The SMILES string of the molecule is O=C(Nc1ccc(Cl)cc1Cl)c1cc(N2CCCCCC2)ncn1. The second-order valence-electron chi connectivity index (χ2n) is 5.74. The Labute approximate surface area is 151 Å². The second-order valence-corrected chi connectivity index (χ2v) is 6.58. The maximum absolute atomic E-state index is 12.4. The fourth-order valence-corrected chi connectivity index (χ4v) is 3.18. The van der Waals surface area contributed by atoms with Gasteiger partial charge in [-0.1, -0.05) is 36.0 Å². The zero-order valence-electron chi connectivity index (χ0n) is 13.1. The van der Waals surface area contributed by atoms with E-state index in [9.17, 15) is 4.79 Å². The van der Waals surface area contributed by atoms with Gasteiger partial charge < -0.3 is 10.2 Å². The zero-order chi connectivity index (χ0) is 16.9. The summed E-state index contributed by atoms with van der Waals surface area (Å²) in [6.07, 6.45) is 6.20. The Morgan fingerprint density at radius 1 is 1.04 bits per heavy atom. The van der Waals surface area contributed by atoms with Gasteiger partial charge in [-0.3, -0.25) is 4.79 Å². The molecule has 1 aromatic carbocycles. The molecule has 0 unspecified atom stereocenters. The summed E-state index contributed by atoms with van der Waals surface area (Å²) in [7, 11) is 0. The van der Waals surface area contributed by atoms with E-state index in [0.717, 1.165) is 31.7 Å². The summed E-state index contributed by atoms with van der Waals surface area (Å²) < 4.78 is 0. The van der Waals surface area contributed by atoms with Crippen molar-refractivity contribution in [1.82, 2.24) is 9.97 Å². The molecule has 1 aliphatic heterocycles. The molecule has 1 aromatic heterocycles. The van der Waals surface area contributed by atoms with Gasteiger partial charge in [-0.05, 0) is 31.0 Å². The summed E-state index contributed by atoms with van der Waals surface area (Å²) >= 11 is 12.0. The van der Waals surface area contributed by atoms with Crippen LogP contribution in [0.1, 0.15) is 36.2 Å². The zero-order valence-corrected chi connectivity index (χ0v) is 14.6. The summed E-state index contributed by atoms with van der Waals surface area (Å²) in [5.41, 5.74) is 0.816. The van der Waals surface area contributed by atoms with Crippen LogP contribution in [0.2, 0.25) is 10.0 Å². The lowest BCUT2D eigenvalue weighted by Crippen LogP contribution is -2.25. The fourth-order valence-electron chi connectivity index (χ4n) is 2.72. The first-order valence-electron chi connectivity index (χ1n) is 7.97. The molecule has 1 aliphatic rings. The number of nitrogens with zero attached hydrogens (tertiary/aromatic N) is 3. The van der Waals surface area contributed by atoms with Gasteiger partial charge in [-0.25, -0.2) is 9.97 Å². The molecule has 1 saturated heterocycles. The number of carbonyl (C=O) groups is 1. The topological polar surface area (TPSA) is 58.1 Å². The molecule has 126 valence electrons. The third-order valence-electron chi connectivity index (χ3n) is 3.99. The molecule has 5 nitrogen and oxygen atoms in total. The van der Waals surface area contributed by atoms with E-state index in [0.29, 0.717) is 21.4 Å². The van der Waals surface area contributed by atoms with Crippen LogP contribution in [0.4, 0.5) is 11.5 Å². The van der Waals surface area contributed by atoms with Crippen LogP contribution in [0.5, 0.6) is 0 Å². The van der Waals surface area contributed by atoms with E-state index in [2.05, 4.69) is 20.2 Å². The van der Waals surface area contributed by atoms with E-state index in [4.69, 9.17) is 23.2 Å². The standard InChI is InChI=1S/C17H18Cl2N4O/c18-12-5-6-14(13(19)9-12)22-17(24)15-10-16(21-11-20-15)23-7-3-1-2-4-8-23/h5-6,9-11H,1-4,7-8H2,(H,22,24). The Morgan fingerprint density at radius 3 is 2.50 bits per heavy atom. The number of hydrogen-bond donors (Lipinski definition) is 1. The summed E-state index contributed by atoms with van der Waals surface area (Å²) in [4.78, 5) is 23.0. The highest BCUT2D eigenvalue weighted by atomic mass is 35.5. The van der Waals surface area contributed by atoms with Crippen molar-refractivity contribution in [2.45, 2.75) is 25.7 Å². The van der Waals surface area contributed by atoms with Crippen molar-refractivity contribution >= 4 is 40.6 Å². The average Bonchev–Trinajstić information content (AvgIpc) is 2.87. The molecule has 0 atom stereocenters. The number of amides is 1. The molecule has 1 N–H and O–H groups in total. The predicted octanol–water partition coefficient (Wildman–Crippen LogP) is 4.42. The van der Waals surface area contributed by atoms with E-state index >= 15 is 0 Å². The van der Waals surface area contributed by atoms with Gasteiger partial charge in [0.05, 0.1) is 10.7 Å². The lowest BCUT2D eigenvalue weighted by Gasteiger charge is -2.21. The van der Waals surface area contributed by atoms with Gasteiger partial charge in [-0.2, -0.15) is 0 Å². The fraction of sp³-hybridized carbons (Fsp3) is 0.353. The summed E-state index contributed by atoms with van der Waals surface area (Å²) in [5, 5.41) is 3.66. The van der Waals surface area contributed by atoms with Crippen molar-refractivity contribution in [2.75, 3.05) is 23.3 Å². The van der Waals surface area contributed by atoms with Crippen molar-refractivity contribution in [1.29, 1.82) is 0 Å². The van der Waals surface area contributed by atoms with Crippen molar-refractivity contribution < 1.29 is 4.79 Å². The number of benzene rings is 1. The van der Waals surface area contributed by atoms with Crippen molar-refractivity contribution in [3.63, 3.8) is 0 Å². The predicted molar refractivity (Wildman–Crippen MR) is 97.1 cm³/mol. The monoisotopic (exact) mass is 364 g/mol. The molecule has 0 radical (unpaired) electrons. The molecule has 0 aliphatic carbocycles. The van der Waals surface area contributed by atoms with Gasteiger partial charge in [0.1, 0.15) is 17.8 Å². The van der Waals surface area contributed by atoms with E-state index in [1.807, 2.05) is 0 Å². The van der Waals surface area contributed by atoms with Crippen molar-refractivity contribution in [3.8, 4) is 0 Å². The van der Waals surface area contributed by atoms with Gasteiger partial charge >= 0.3 is 0 Å². The van der Waals surface area contributed by atoms with Crippen LogP contribution >= 0.6 is 23.2 Å². The van der Waals surface area contributed by atoms with Crippen molar-refractivity contribution in [3.05, 3.63) is 46.3 Å². The molecule has 24 heavy (non-hydrogen) atoms. The minimum atomic E-state index is -0.322. The van der Waals surface area contributed by atoms with E-state index in [1.165, 1.54) is 19.2 Å². The highest BCUT2D eigenvalue weighted by Gasteiger charge is 2.15. The molecule has 0 spiro atoms. The summed E-state index contributed by atoms with van der Waals surface area (Å²) in [5.74, 6) is 0.469. The molecule has 2 heterocycles. The Kier molecular flexibility index (Phi) is 5.53. The molecule has 3 rings (SSSR count). The molecule has 1 amide bonds. The summed E-state index contributed by atoms with van der Waals surface area (Å²) in [6.45, 7) is 1.92. The molecule has 1 fully saturated rings. The Bertz CT molecular complexity index is 730. The minimum Gasteiger partial charge on any atom is -0.357 e. The first-order chi connectivity index (χ1) is 11.6. The number of anilines is 2. The van der Waals surface area contributed by atoms with Crippen LogP contribution in [0.3, 0.4) is 0 Å². The molecule has 2 aromatic rings. The number of hydrogen-bond acceptors (Lipinski definition) is 4. The van der Waals surface area contributed by atoms with Gasteiger partial charge in [0, 0.05) is 24.2 Å². The van der Waals surface area contributed by atoms with E-state index in [-0.39, 0.29) is 5.91 Å². The van der Waals surface area contributed by atoms with Gasteiger partial charge in [0.25, 0.3) is 5.91 Å². The number of aromatic nitrogens is 2. The molecular formula is C17H18Cl2N4O. The normalized spacial score (nSPS) is 15.0. The quantitative estimate of drug-likeness (QED) is 0.875. The van der Waals surface area contributed by atoms with Gasteiger partial charge in [0.2, 0.25) is 0 Å². The average molecular weight is 365 g/mol. The Balaban J connectivity index is 1.76. The van der Waals surface area contributed by atoms with Crippen LogP contribution in [0, 0.1) is 0 Å². The minimum absolute atomic E-state index is 0.315. The highest BCUT2D eigenvalue weighted by molar-refractivity contribution is 6.36. The van der Waals surface area contributed by atoms with E-state index in [1.54, 1.807) is 24.3 Å². The van der Waals surface area contributed by atoms with Gasteiger partial charge in [0.15, 0.2) is 0 Å². The largest absolute Gasteiger partial charge is 0.357 e. The van der Waals surface area contributed by atoms with Crippen LogP contribution in [-0.4, -0.2) is 29.0 Å². The van der Waals surface area contributed by atoms with Crippen LogP contribution < -0.4 is 10.2 Å². The number of nitrogens with one attached hydrogen (secondary N) is 1.